The van der Waals surface area contributed by atoms with Crippen LogP contribution in [0.2, 0.25) is 0 Å². The highest BCUT2D eigenvalue weighted by Gasteiger charge is 2.18. The van der Waals surface area contributed by atoms with Crippen LogP contribution in [0.4, 0.5) is 10.1 Å². The van der Waals surface area contributed by atoms with Gasteiger partial charge in [-0.2, -0.15) is 0 Å². The van der Waals surface area contributed by atoms with Crippen LogP contribution in [0.15, 0.2) is 23.1 Å². The van der Waals surface area contributed by atoms with Gasteiger partial charge in [0.1, 0.15) is 5.82 Å². The Kier molecular flexibility index (Phi) is 5.10. The molecule has 1 aromatic carbocycles. The Morgan fingerprint density at radius 2 is 2.06 bits per heavy atom. The first kappa shape index (κ1) is 14.9. The van der Waals surface area contributed by atoms with Crippen molar-refractivity contribution in [1.29, 1.82) is 0 Å². The molecule has 0 bridgehead atoms. The summed E-state index contributed by atoms with van der Waals surface area (Å²) in [6, 6.07) is 3.11. The number of benzene rings is 1. The van der Waals surface area contributed by atoms with E-state index in [4.69, 9.17) is 5.73 Å². The quantitative estimate of drug-likeness (QED) is 0.782. The van der Waals surface area contributed by atoms with Crippen molar-refractivity contribution in [2.45, 2.75) is 44.0 Å². The number of halogens is 1. The van der Waals surface area contributed by atoms with Gasteiger partial charge in [0.05, 0.1) is 4.90 Å². The summed E-state index contributed by atoms with van der Waals surface area (Å²) in [5.74, 6) is -0.656. The highest BCUT2D eigenvalue weighted by atomic mass is 32.2. The zero-order chi connectivity index (χ0) is 13.8. The van der Waals surface area contributed by atoms with Crippen LogP contribution >= 0.6 is 0 Å². The molecule has 0 saturated heterocycles. The number of anilines is 1. The van der Waals surface area contributed by atoms with Crippen molar-refractivity contribution in [3.8, 4) is 0 Å². The van der Waals surface area contributed by atoms with Crippen LogP contribution in [0, 0.1) is 5.82 Å². The number of hydrogen-bond donors (Lipinski definition) is 2. The molecule has 4 nitrogen and oxygen atoms in total. The van der Waals surface area contributed by atoms with E-state index in [2.05, 4.69) is 4.72 Å². The number of rotatable bonds is 6. The van der Waals surface area contributed by atoms with Crippen molar-refractivity contribution in [2.24, 2.45) is 0 Å². The van der Waals surface area contributed by atoms with Crippen molar-refractivity contribution < 1.29 is 12.8 Å². The molecule has 0 heterocycles. The van der Waals surface area contributed by atoms with Gasteiger partial charge in [0.15, 0.2) is 0 Å². The van der Waals surface area contributed by atoms with E-state index in [1.54, 1.807) is 6.92 Å². The van der Waals surface area contributed by atoms with E-state index >= 15 is 0 Å². The van der Waals surface area contributed by atoms with E-state index < -0.39 is 15.8 Å². The van der Waals surface area contributed by atoms with E-state index in [9.17, 15) is 12.8 Å². The van der Waals surface area contributed by atoms with Gasteiger partial charge in [-0.1, -0.05) is 19.8 Å². The zero-order valence-corrected chi connectivity index (χ0v) is 11.4. The predicted octanol–water partition coefficient (Wildman–Crippen LogP) is 2.26. The Balaban J connectivity index is 2.86. The fourth-order valence-electron chi connectivity index (χ4n) is 1.64. The molecule has 1 rings (SSSR count). The molecule has 0 aliphatic rings. The maximum atomic E-state index is 13.1. The molecule has 0 spiro atoms. The van der Waals surface area contributed by atoms with E-state index in [-0.39, 0.29) is 16.6 Å². The molecule has 1 aromatic rings. The lowest BCUT2D eigenvalue weighted by Crippen LogP contribution is -2.32. The Hall–Kier alpha value is -1.14. The van der Waals surface area contributed by atoms with Crippen LogP contribution in [-0.4, -0.2) is 14.5 Å². The topological polar surface area (TPSA) is 72.2 Å². The Bertz CT molecular complexity index is 483. The van der Waals surface area contributed by atoms with E-state index in [1.807, 2.05) is 6.92 Å². The lowest BCUT2D eigenvalue weighted by molar-refractivity contribution is 0.533. The highest BCUT2D eigenvalue weighted by molar-refractivity contribution is 7.89. The second kappa shape index (κ2) is 6.15. The van der Waals surface area contributed by atoms with Crippen LogP contribution in [0.25, 0.3) is 0 Å². The summed E-state index contributed by atoms with van der Waals surface area (Å²) in [6.45, 7) is 3.82. The SMILES string of the molecule is CCCCC(C)NS(=O)(=O)c1cc(N)cc(F)c1. The van der Waals surface area contributed by atoms with Crippen molar-refractivity contribution in [3.05, 3.63) is 24.0 Å². The van der Waals surface area contributed by atoms with Crippen molar-refractivity contribution in [1.82, 2.24) is 4.72 Å². The number of nitrogens with one attached hydrogen (secondary N) is 1. The van der Waals surface area contributed by atoms with Crippen LogP contribution in [0.1, 0.15) is 33.1 Å². The van der Waals surface area contributed by atoms with Crippen molar-refractivity contribution >= 4 is 15.7 Å². The standard InChI is InChI=1S/C12H19FN2O2S/c1-3-4-5-9(2)15-18(16,17)12-7-10(13)6-11(14)8-12/h6-9,15H,3-5,14H2,1-2H3. The highest BCUT2D eigenvalue weighted by Crippen LogP contribution is 2.16. The summed E-state index contributed by atoms with van der Waals surface area (Å²) in [6.07, 6.45) is 2.69. The minimum atomic E-state index is -3.70. The van der Waals surface area contributed by atoms with Gasteiger partial charge >= 0.3 is 0 Å². The molecule has 0 radical (unpaired) electrons. The first-order valence-electron chi connectivity index (χ1n) is 5.93. The maximum Gasteiger partial charge on any atom is 0.240 e. The molecule has 1 atom stereocenters. The summed E-state index contributed by atoms with van der Waals surface area (Å²) in [5.41, 5.74) is 5.53. The molecule has 0 aromatic heterocycles. The number of hydrogen-bond acceptors (Lipinski definition) is 3. The van der Waals surface area contributed by atoms with Crippen LogP contribution in [0.5, 0.6) is 0 Å². The van der Waals surface area contributed by atoms with E-state index in [0.29, 0.717) is 0 Å². The molecule has 3 N–H and O–H groups in total. The molecular formula is C12H19FN2O2S. The summed E-state index contributed by atoms with van der Waals surface area (Å²) in [5, 5.41) is 0. The molecule has 18 heavy (non-hydrogen) atoms. The molecule has 0 aliphatic heterocycles. The number of unbranched alkanes of at least 4 members (excludes halogenated alkanes) is 1. The van der Waals surface area contributed by atoms with Gasteiger partial charge in [-0.15, -0.1) is 0 Å². The second-order valence-corrected chi connectivity index (χ2v) is 6.10. The van der Waals surface area contributed by atoms with E-state index in [0.717, 1.165) is 31.4 Å². The summed E-state index contributed by atoms with van der Waals surface area (Å²) in [4.78, 5) is -0.136. The minimum Gasteiger partial charge on any atom is -0.399 e. The van der Waals surface area contributed by atoms with Gasteiger partial charge in [0.2, 0.25) is 10.0 Å². The molecule has 1 unspecified atom stereocenters. The van der Waals surface area contributed by atoms with Gasteiger partial charge in [0, 0.05) is 11.7 Å². The molecule has 0 fully saturated rings. The first-order chi connectivity index (χ1) is 8.35. The van der Waals surface area contributed by atoms with Gasteiger partial charge in [-0.3, -0.25) is 0 Å². The maximum absolute atomic E-state index is 13.1. The van der Waals surface area contributed by atoms with Crippen LogP contribution in [-0.2, 0) is 10.0 Å². The molecule has 0 saturated carbocycles. The Morgan fingerprint density at radius 3 is 2.61 bits per heavy atom. The van der Waals surface area contributed by atoms with Gasteiger partial charge < -0.3 is 5.73 Å². The van der Waals surface area contributed by atoms with Crippen LogP contribution < -0.4 is 10.5 Å². The Morgan fingerprint density at radius 1 is 1.39 bits per heavy atom. The first-order valence-corrected chi connectivity index (χ1v) is 7.42. The fraction of sp³-hybridized carbons (Fsp3) is 0.500. The zero-order valence-electron chi connectivity index (χ0n) is 10.6. The third-order valence-corrected chi connectivity index (χ3v) is 4.12. The molecule has 6 heteroatoms. The second-order valence-electron chi connectivity index (χ2n) is 4.38. The Labute approximate surface area is 107 Å². The van der Waals surface area contributed by atoms with E-state index in [1.165, 1.54) is 6.07 Å². The molecule has 0 aliphatic carbocycles. The number of sulfonamides is 1. The third-order valence-electron chi connectivity index (χ3n) is 2.55. The van der Waals surface area contributed by atoms with Crippen LogP contribution in [0.3, 0.4) is 0 Å². The summed E-state index contributed by atoms with van der Waals surface area (Å²) < 4.78 is 39.6. The smallest absolute Gasteiger partial charge is 0.240 e. The van der Waals surface area contributed by atoms with Crippen molar-refractivity contribution in [2.75, 3.05) is 5.73 Å². The lowest BCUT2D eigenvalue weighted by Gasteiger charge is -2.14. The molecular weight excluding hydrogens is 255 g/mol. The normalized spacial score (nSPS) is 13.5. The predicted molar refractivity (Wildman–Crippen MR) is 70.1 cm³/mol. The molecule has 0 amide bonds. The lowest BCUT2D eigenvalue weighted by atomic mass is 10.2. The molecule has 102 valence electrons. The van der Waals surface area contributed by atoms with Gasteiger partial charge in [-0.05, 0) is 31.5 Å². The largest absolute Gasteiger partial charge is 0.399 e. The van der Waals surface area contributed by atoms with Gasteiger partial charge in [0.25, 0.3) is 0 Å². The average Bonchev–Trinajstić information content (AvgIpc) is 2.24. The third kappa shape index (κ3) is 4.27. The minimum absolute atomic E-state index is 0.0941. The summed E-state index contributed by atoms with van der Waals surface area (Å²) >= 11 is 0. The monoisotopic (exact) mass is 274 g/mol. The van der Waals surface area contributed by atoms with Crippen molar-refractivity contribution in [3.63, 3.8) is 0 Å². The number of nitrogen functional groups attached to an aromatic ring is 1. The van der Waals surface area contributed by atoms with Gasteiger partial charge in [-0.25, -0.2) is 17.5 Å². The number of nitrogens with two attached hydrogens (primary N) is 1. The summed E-state index contributed by atoms with van der Waals surface area (Å²) in [7, 11) is -3.70. The fourth-order valence-corrected chi connectivity index (χ4v) is 2.98. The average molecular weight is 274 g/mol.